The predicted molar refractivity (Wildman–Crippen MR) is 75.3 cm³/mol. The van der Waals surface area contributed by atoms with Gasteiger partial charge in [0.15, 0.2) is 0 Å². The molecule has 0 atom stereocenters. The summed E-state index contributed by atoms with van der Waals surface area (Å²) in [5.41, 5.74) is 0.964. The van der Waals surface area contributed by atoms with Crippen molar-refractivity contribution in [1.82, 2.24) is 4.57 Å². The van der Waals surface area contributed by atoms with Gasteiger partial charge in [-0.3, -0.25) is 4.57 Å². The van der Waals surface area contributed by atoms with Gasteiger partial charge in [0.2, 0.25) is 0 Å². The average Bonchev–Trinajstić information content (AvgIpc) is 2.64. The number of hydrogen-bond acceptors (Lipinski definition) is 3. The number of carboxylic acids is 1. The summed E-state index contributed by atoms with van der Waals surface area (Å²) in [5.74, 6) is -1.03. The number of aromatic carboxylic acids is 1. The maximum Gasteiger partial charge on any atom is 0.419 e. The lowest BCUT2D eigenvalue weighted by atomic mass is 10.1. The Hall–Kier alpha value is -2.30. The highest BCUT2D eigenvalue weighted by molar-refractivity contribution is 5.97. The van der Waals surface area contributed by atoms with Crippen LogP contribution in [0.2, 0.25) is 0 Å². The van der Waals surface area contributed by atoms with E-state index in [2.05, 4.69) is 0 Å². The number of carbonyl (C=O) groups excluding carboxylic acids is 1. The Morgan fingerprint density at radius 1 is 1.25 bits per heavy atom. The fraction of sp³-hybridized carbons (Fsp3) is 0.333. The van der Waals surface area contributed by atoms with Crippen LogP contribution in [-0.2, 0) is 4.74 Å². The zero-order valence-electron chi connectivity index (χ0n) is 11.9. The SMILES string of the molecule is Cc1cn(C(=O)OC(C)(C)C)c2cc(C(=O)O)ccc12. The summed E-state index contributed by atoms with van der Waals surface area (Å²) < 4.78 is 6.67. The van der Waals surface area contributed by atoms with Crippen molar-refractivity contribution in [2.75, 3.05) is 0 Å². The van der Waals surface area contributed by atoms with Gasteiger partial charge in [0.1, 0.15) is 5.60 Å². The zero-order chi connectivity index (χ0) is 15.1. The van der Waals surface area contributed by atoms with Crippen molar-refractivity contribution in [3.05, 3.63) is 35.5 Å². The first-order valence-electron chi connectivity index (χ1n) is 6.27. The summed E-state index contributed by atoms with van der Waals surface area (Å²) in [6.45, 7) is 7.22. The van der Waals surface area contributed by atoms with E-state index in [9.17, 15) is 9.59 Å². The fourth-order valence-corrected chi connectivity index (χ4v) is 1.99. The highest BCUT2D eigenvalue weighted by atomic mass is 16.6. The van der Waals surface area contributed by atoms with Gasteiger partial charge in [-0.2, -0.15) is 0 Å². The van der Waals surface area contributed by atoms with Gasteiger partial charge >= 0.3 is 12.1 Å². The Morgan fingerprint density at radius 2 is 1.90 bits per heavy atom. The van der Waals surface area contributed by atoms with Crippen molar-refractivity contribution in [2.24, 2.45) is 0 Å². The minimum Gasteiger partial charge on any atom is -0.478 e. The van der Waals surface area contributed by atoms with E-state index in [1.165, 1.54) is 16.7 Å². The molecule has 20 heavy (non-hydrogen) atoms. The molecule has 0 bridgehead atoms. The number of ether oxygens (including phenoxy) is 1. The number of rotatable bonds is 1. The van der Waals surface area contributed by atoms with E-state index in [0.717, 1.165) is 10.9 Å². The van der Waals surface area contributed by atoms with E-state index < -0.39 is 17.7 Å². The number of carboxylic acid groups (broad SMARTS) is 1. The Kier molecular flexibility index (Phi) is 3.29. The van der Waals surface area contributed by atoms with Crippen LogP contribution >= 0.6 is 0 Å². The third-order valence-electron chi connectivity index (χ3n) is 2.84. The van der Waals surface area contributed by atoms with Gasteiger partial charge in [-0.05, 0) is 45.4 Å². The molecule has 0 saturated carbocycles. The molecule has 2 aromatic rings. The third-order valence-corrected chi connectivity index (χ3v) is 2.84. The topological polar surface area (TPSA) is 68.5 Å². The molecule has 5 heteroatoms. The van der Waals surface area contributed by atoms with Crippen LogP contribution in [0.25, 0.3) is 10.9 Å². The number of fused-ring (bicyclic) bond motifs is 1. The quantitative estimate of drug-likeness (QED) is 0.865. The lowest BCUT2D eigenvalue weighted by Gasteiger charge is -2.19. The van der Waals surface area contributed by atoms with Crippen molar-refractivity contribution in [3.8, 4) is 0 Å². The van der Waals surface area contributed by atoms with E-state index in [0.29, 0.717) is 5.52 Å². The van der Waals surface area contributed by atoms with E-state index in [-0.39, 0.29) is 5.56 Å². The molecule has 0 unspecified atom stereocenters. The molecular weight excluding hydrogens is 258 g/mol. The van der Waals surface area contributed by atoms with Crippen LogP contribution in [0.15, 0.2) is 24.4 Å². The minimum absolute atomic E-state index is 0.139. The van der Waals surface area contributed by atoms with Crippen molar-refractivity contribution in [3.63, 3.8) is 0 Å². The van der Waals surface area contributed by atoms with Crippen LogP contribution in [0.4, 0.5) is 4.79 Å². The van der Waals surface area contributed by atoms with Gasteiger partial charge in [0, 0.05) is 11.6 Å². The lowest BCUT2D eigenvalue weighted by molar-refractivity contribution is 0.0543. The van der Waals surface area contributed by atoms with Crippen molar-refractivity contribution < 1.29 is 19.4 Å². The molecule has 1 N–H and O–H groups in total. The zero-order valence-corrected chi connectivity index (χ0v) is 11.9. The Balaban J connectivity index is 2.55. The van der Waals surface area contributed by atoms with Gasteiger partial charge < -0.3 is 9.84 Å². The predicted octanol–water partition coefficient (Wildman–Crippen LogP) is 3.43. The fourth-order valence-electron chi connectivity index (χ4n) is 1.99. The normalized spacial score (nSPS) is 11.6. The third kappa shape index (κ3) is 2.66. The summed E-state index contributed by atoms with van der Waals surface area (Å²) in [6, 6.07) is 4.71. The van der Waals surface area contributed by atoms with Crippen LogP contribution < -0.4 is 0 Å². The number of carbonyl (C=O) groups is 2. The molecule has 2 rings (SSSR count). The number of hydrogen-bond donors (Lipinski definition) is 1. The summed E-state index contributed by atoms with van der Waals surface area (Å²) in [5, 5.41) is 9.88. The smallest absolute Gasteiger partial charge is 0.419 e. The first kappa shape index (κ1) is 14.1. The summed E-state index contributed by atoms with van der Waals surface area (Å²) in [7, 11) is 0. The molecule has 0 radical (unpaired) electrons. The second kappa shape index (κ2) is 4.67. The largest absolute Gasteiger partial charge is 0.478 e. The number of aromatic nitrogens is 1. The van der Waals surface area contributed by atoms with Gasteiger partial charge in [-0.1, -0.05) is 6.07 Å². The summed E-state index contributed by atoms with van der Waals surface area (Å²) >= 11 is 0. The van der Waals surface area contributed by atoms with Crippen LogP contribution in [-0.4, -0.2) is 27.3 Å². The molecule has 0 spiro atoms. The van der Waals surface area contributed by atoms with Crippen LogP contribution in [0.5, 0.6) is 0 Å². The Morgan fingerprint density at radius 3 is 2.45 bits per heavy atom. The van der Waals surface area contributed by atoms with Gasteiger partial charge in [-0.25, -0.2) is 9.59 Å². The highest BCUT2D eigenvalue weighted by Crippen LogP contribution is 2.23. The van der Waals surface area contributed by atoms with Crippen molar-refractivity contribution in [1.29, 1.82) is 0 Å². The molecule has 5 nitrogen and oxygen atoms in total. The second-order valence-electron chi connectivity index (χ2n) is 5.70. The number of benzene rings is 1. The molecular formula is C15H17NO4. The molecule has 1 heterocycles. The van der Waals surface area contributed by atoms with Gasteiger partial charge in [0.25, 0.3) is 0 Å². The van der Waals surface area contributed by atoms with E-state index in [1.807, 2.05) is 6.92 Å². The van der Waals surface area contributed by atoms with E-state index in [1.54, 1.807) is 33.0 Å². The number of nitrogens with zero attached hydrogens (tertiary/aromatic N) is 1. The van der Waals surface area contributed by atoms with Crippen LogP contribution in [0.1, 0.15) is 36.7 Å². The molecule has 0 amide bonds. The summed E-state index contributed by atoms with van der Waals surface area (Å²) in [4.78, 5) is 23.2. The second-order valence-corrected chi connectivity index (χ2v) is 5.70. The van der Waals surface area contributed by atoms with Crippen molar-refractivity contribution in [2.45, 2.75) is 33.3 Å². The molecule has 0 aliphatic carbocycles. The van der Waals surface area contributed by atoms with Crippen molar-refractivity contribution >= 4 is 23.0 Å². The van der Waals surface area contributed by atoms with Gasteiger partial charge in [0.05, 0.1) is 11.1 Å². The average molecular weight is 275 g/mol. The number of aryl methyl sites for hydroxylation is 1. The monoisotopic (exact) mass is 275 g/mol. The maximum atomic E-state index is 12.2. The molecule has 0 aliphatic heterocycles. The highest BCUT2D eigenvalue weighted by Gasteiger charge is 2.20. The van der Waals surface area contributed by atoms with E-state index >= 15 is 0 Å². The Labute approximate surface area is 116 Å². The first-order chi connectivity index (χ1) is 9.19. The van der Waals surface area contributed by atoms with Crippen LogP contribution in [0.3, 0.4) is 0 Å². The first-order valence-corrected chi connectivity index (χ1v) is 6.27. The Bertz CT molecular complexity index is 692. The van der Waals surface area contributed by atoms with Crippen LogP contribution in [0, 0.1) is 6.92 Å². The minimum atomic E-state index is -1.03. The summed E-state index contributed by atoms with van der Waals surface area (Å²) in [6.07, 6.45) is 1.14. The molecule has 0 saturated heterocycles. The lowest BCUT2D eigenvalue weighted by Crippen LogP contribution is -2.26. The van der Waals surface area contributed by atoms with E-state index in [4.69, 9.17) is 9.84 Å². The maximum absolute atomic E-state index is 12.2. The molecule has 106 valence electrons. The standard InChI is InChI=1S/C15H17NO4/c1-9-8-16(14(19)20-15(2,3)4)12-7-10(13(17)18)5-6-11(9)12/h5-8H,1-4H3,(H,17,18). The molecule has 0 fully saturated rings. The molecule has 0 aliphatic rings. The molecule has 1 aromatic heterocycles. The molecule has 1 aromatic carbocycles. The van der Waals surface area contributed by atoms with Gasteiger partial charge in [-0.15, -0.1) is 0 Å².